The molecule has 2 fully saturated rings. The van der Waals surface area contributed by atoms with E-state index in [0.717, 1.165) is 39.0 Å². The highest BCUT2D eigenvalue weighted by atomic mass is 16.1. The average molecular weight is 358 g/mol. The van der Waals surface area contributed by atoms with Gasteiger partial charge < -0.3 is 15.1 Å². The Balaban J connectivity index is 0.00000261. The highest BCUT2D eigenvalue weighted by Crippen LogP contribution is 2.13. The summed E-state index contributed by atoms with van der Waals surface area (Å²) in [5.74, 6) is -0.181. The molecule has 0 aliphatic carbocycles. The van der Waals surface area contributed by atoms with Crippen LogP contribution in [0.5, 0.6) is 0 Å². The molecule has 3 aliphatic heterocycles. The van der Waals surface area contributed by atoms with Crippen molar-refractivity contribution in [1.82, 2.24) is 15.1 Å². The Morgan fingerprint density at radius 1 is 1.27 bits per heavy atom. The average Bonchev–Trinajstić information content (AvgIpc) is 3.17. The largest absolute Gasteiger partial charge is 0.348 e. The van der Waals surface area contributed by atoms with Gasteiger partial charge in [-0.25, -0.2) is 4.99 Å². The third-order valence-corrected chi connectivity index (χ3v) is 5.22. The number of carbonyl (C=O) groups excluding carboxylic acids is 1. The first-order chi connectivity index (χ1) is 12.7. The molecule has 0 atom stereocenters. The number of hydrogen-bond donors (Lipinski definition) is 2. The monoisotopic (exact) mass is 358 g/mol. The van der Waals surface area contributed by atoms with Crippen molar-refractivity contribution in [2.45, 2.75) is 31.7 Å². The Labute approximate surface area is 156 Å². The lowest BCUT2D eigenvalue weighted by atomic mass is 10.0. The summed E-state index contributed by atoms with van der Waals surface area (Å²) in [7, 11) is 0. The molecule has 2 N–H and O–H groups in total. The minimum absolute atomic E-state index is 0. The first kappa shape index (κ1) is 18.7. The van der Waals surface area contributed by atoms with Gasteiger partial charge in [0, 0.05) is 33.6 Å². The van der Waals surface area contributed by atoms with Gasteiger partial charge in [-0.1, -0.05) is 0 Å². The van der Waals surface area contributed by atoms with E-state index in [2.05, 4.69) is 31.8 Å². The van der Waals surface area contributed by atoms with Gasteiger partial charge in [-0.2, -0.15) is 0 Å². The number of rotatable bonds is 6. The van der Waals surface area contributed by atoms with Crippen molar-refractivity contribution < 1.29 is 6.22 Å². The summed E-state index contributed by atoms with van der Waals surface area (Å²) in [4.78, 5) is 25.3. The number of nitrogens with one attached hydrogen (secondary N) is 2. The predicted molar refractivity (Wildman–Crippen MR) is 107 cm³/mol. The van der Waals surface area contributed by atoms with E-state index in [0.29, 0.717) is 11.4 Å². The zero-order chi connectivity index (χ0) is 18.4. The van der Waals surface area contributed by atoms with Gasteiger partial charge in [0.05, 0.1) is 11.9 Å². The van der Waals surface area contributed by atoms with Crippen LogP contribution < -0.4 is 5.32 Å². The fourth-order valence-electron chi connectivity index (χ4n) is 3.64. The molecule has 3 heterocycles. The maximum Gasteiger partial charge on any atom is 0.270 e. The maximum absolute atomic E-state index is 12.4. The first-order valence-electron chi connectivity index (χ1n) is 9.43. The summed E-state index contributed by atoms with van der Waals surface area (Å²) in [6.07, 6.45) is 9.17. The van der Waals surface area contributed by atoms with Crippen LogP contribution in [0, 0.1) is 5.41 Å². The fraction of sp³-hybridized carbons (Fsp3) is 0.579. The molecule has 1 amide bonds. The number of nitrogens with zero attached hydrogens (tertiary/aromatic N) is 4. The summed E-state index contributed by atoms with van der Waals surface area (Å²) >= 11 is 0. The van der Waals surface area contributed by atoms with E-state index in [1.165, 1.54) is 32.1 Å². The molecule has 0 saturated carbocycles. The smallest absolute Gasteiger partial charge is 0.270 e. The quantitative estimate of drug-likeness (QED) is 0.706. The summed E-state index contributed by atoms with van der Waals surface area (Å²) in [5, 5.41) is 10.8. The van der Waals surface area contributed by atoms with Gasteiger partial charge in [0.25, 0.3) is 5.91 Å². The standard InChI is InChI=1S/C19H28N6O.H2/c1-21-14-18-16(20)4-5-17(23-18)19(26)22-15-6-10-25(11-7-15)13-12-24-8-2-3-9-24;/h4-5,14-15,20H,1-3,6-13H2,(H,22,26);1H/b18-14+,20-16?;. The SMILES string of the molecule is C=N/C=C1/N=C(C(=O)NC2CCN(CCN3CCCC3)CC2)C=CC1=N.[HH]. The number of allylic oxidation sites excluding steroid dienone is 1. The number of dihydropyridines is 1. The zero-order valence-electron chi connectivity index (χ0n) is 15.3. The van der Waals surface area contributed by atoms with Crippen LogP contribution in [-0.2, 0) is 4.79 Å². The van der Waals surface area contributed by atoms with E-state index in [1.807, 2.05) is 0 Å². The second kappa shape index (κ2) is 9.00. The van der Waals surface area contributed by atoms with Gasteiger partial charge >= 0.3 is 0 Å². The highest BCUT2D eigenvalue weighted by Gasteiger charge is 2.23. The molecule has 0 aromatic carbocycles. The van der Waals surface area contributed by atoms with Crippen LogP contribution in [0.4, 0.5) is 0 Å². The summed E-state index contributed by atoms with van der Waals surface area (Å²) < 4.78 is 0. The Morgan fingerprint density at radius 2 is 1.92 bits per heavy atom. The van der Waals surface area contributed by atoms with Crippen LogP contribution in [0.2, 0.25) is 0 Å². The molecule has 0 bridgehead atoms. The van der Waals surface area contributed by atoms with Gasteiger partial charge in [0.1, 0.15) is 11.4 Å². The van der Waals surface area contributed by atoms with E-state index in [4.69, 9.17) is 5.41 Å². The van der Waals surface area contributed by atoms with Gasteiger partial charge in [0.2, 0.25) is 0 Å². The van der Waals surface area contributed by atoms with E-state index in [9.17, 15) is 4.79 Å². The Morgan fingerprint density at radius 3 is 2.58 bits per heavy atom. The van der Waals surface area contributed by atoms with Crippen LogP contribution in [0.3, 0.4) is 0 Å². The predicted octanol–water partition coefficient (Wildman–Crippen LogP) is 1.48. The molecule has 0 aromatic heterocycles. The molecule has 0 spiro atoms. The van der Waals surface area contributed by atoms with Gasteiger partial charge in [-0.15, -0.1) is 0 Å². The van der Waals surface area contributed by atoms with Crippen LogP contribution >= 0.6 is 0 Å². The van der Waals surface area contributed by atoms with Gasteiger partial charge in [-0.05, 0) is 57.6 Å². The van der Waals surface area contributed by atoms with Crippen molar-refractivity contribution in [2.24, 2.45) is 9.98 Å². The van der Waals surface area contributed by atoms with Crippen LogP contribution in [0.15, 0.2) is 34.0 Å². The molecular formula is C19H30N6O. The zero-order valence-corrected chi connectivity index (χ0v) is 15.3. The highest BCUT2D eigenvalue weighted by molar-refractivity contribution is 6.45. The van der Waals surface area contributed by atoms with Gasteiger partial charge in [0.15, 0.2) is 0 Å². The van der Waals surface area contributed by atoms with E-state index >= 15 is 0 Å². The van der Waals surface area contributed by atoms with Crippen molar-refractivity contribution >= 4 is 24.0 Å². The lowest BCUT2D eigenvalue weighted by molar-refractivity contribution is -0.115. The molecule has 3 rings (SSSR count). The third kappa shape index (κ3) is 4.95. The van der Waals surface area contributed by atoms with Crippen LogP contribution in [-0.4, -0.2) is 79.2 Å². The van der Waals surface area contributed by atoms with E-state index in [1.54, 1.807) is 12.2 Å². The third-order valence-electron chi connectivity index (χ3n) is 5.22. The molecule has 142 valence electrons. The van der Waals surface area contributed by atoms with Gasteiger partial charge in [-0.3, -0.25) is 15.2 Å². The maximum atomic E-state index is 12.4. The van der Waals surface area contributed by atoms with Crippen molar-refractivity contribution in [3.8, 4) is 0 Å². The molecule has 2 saturated heterocycles. The Kier molecular flexibility index (Phi) is 6.46. The minimum Gasteiger partial charge on any atom is -0.348 e. The molecule has 3 aliphatic rings. The summed E-state index contributed by atoms with van der Waals surface area (Å²) in [6.45, 7) is 10.2. The number of amides is 1. The fourth-order valence-corrected chi connectivity index (χ4v) is 3.64. The molecule has 0 unspecified atom stereocenters. The van der Waals surface area contributed by atoms with Crippen LogP contribution in [0.1, 0.15) is 27.1 Å². The number of hydrogen-bond acceptors (Lipinski definition) is 6. The van der Waals surface area contributed by atoms with Crippen molar-refractivity contribution in [2.75, 3.05) is 39.3 Å². The summed E-state index contributed by atoms with van der Waals surface area (Å²) in [5.41, 5.74) is 0.928. The Bertz CT molecular complexity index is 643. The molecule has 7 nitrogen and oxygen atoms in total. The van der Waals surface area contributed by atoms with Crippen molar-refractivity contribution in [3.05, 3.63) is 24.0 Å². The summed E-state index contributed by atoms with van der Waals surface area (Å²) in [6, 6.07) is 0.188. The van der Waals surface area contributed by atoms with Crippen molar-refractivity contribution in [3.63, 3.8) is 0 Å². The van der Waals surface area contributed by atoms with Crippen LogP contribution in [0.25, 0.3) is 0 Å². The molecule has 0 aromatic rings. The molecule has 7 heteroatoms. The normalized spacial score (nSPS) is 24.1. The lowest BCUT2D eigenvalue weighted by Gasteiger charge is -2.33. The molecule has 0 radical (unpaired) electrons. The molecule has 26 heavy (non-hydrogen) atoms. The van der Waals surface area contributed by atoms with E-state index in [-0.39, 0.29) is 19.1 Å². The number of piperidine rings is 1. The topological polar surface area (TPSA) is 84.2 Å². The van der Waals surface area contributed by atoms with E-state index < -0.39 is 0 Å². The second-order valence-electron chi connectivity index (χ2n) is 7.08. The van der Waals surface area contributed by atoms with Crippen molar-refractivity contribution in [1.29, 1.82) is 5.41 Å². The molecular weight excluding hydrogens is 328 g/mol. The Hall–Kier alpha value is -2.12. The lowest BCUT2D eigenvalue weighted by Crippen LogP contribution is -2.47. The first-order valence-corrected chi connectivity index (χ1v) is 9.43. The number of likely N-dealkylation sites (tertiary alicyclic amines) is 2. The second-order valence-corrected chi connectivity index (χ2v) is 7.08. The minimum atomic E-state index is -0.181. The number of aliphatic imine (C=N–C) groups is 2. The number of carbonyl (C=O) groups is 1.